The molecule has 1 N–H and O–H groups in total. The van der Waals surface area contributed by atoms with Crippen LogP contribution in [0.4, 0.5) is 4.79 Å². The van der Waals surface area contributed by atoms with Crippen LogP contribution in [-0.4, -0.2) is 29.4 Å². The predicted octanol–water partition coefficient (Wildman–Crippen LogP) is -0.301. The van der Waals surface area contributed by atoms with Gasteiger partial charge in [0, 0.05) is 4.88 Å². The van der Waals surface area contributed by atoms with Crippen LogP contribution in [0.2, 0.25) is 0 Å². The number of aryl methyl sites for hydroxylation is 1. The van der Waals surface area contributed by atoms with E-state index in [1.165, 1.54) is 17.4 Å². The molecule has 2 rings (SSSR count). The van der Waals surface area contributed by atoms with E-state index in [4.69, 9.17) is 0 Å². The molecule has 0 radical (unpaired) electrons. The number of amides is 3. The molecule has 94 valence electrons. The van der Waals surface area contributed by atoms with Crippen LogP contribution in [0.1, 0.15) is 10.4 Å². The fourth-order valence-corrected chi connectivity index (χ4v) is 2.37. The number of carbonyl (C=O) groups excluding carboxylic acids is 3. The number of thiophene rings is 1. The Labute approximate surface area is 107 Å². The van der Waals surface area contributed by atoms with Crippen LogP contribution in [0, 0.1) is 6.92 Å². The topological polar surface area (TPSA) is 89.5 Å². The van der Waals surface area contributed by atoms with Crippen molar-refractivity contribution in [2.24, 2.45) is 0 Å². The van der Waals surface area contributed by atoms with Gasteiger partial charge in [-0.25, -0.2) is 4.79 Å². The quantitative estimate of drug-likeness (QED) is 0.600. The molecule has 3 amide bonds. The Morgan fingerprint density at radius 2 is 2.28 bits per heavy atom. The summed E-state index contributed by atoms with van der Waals surface area (Å²) >= 11 is 1.43. The van der Waals surface area contributed by atoms with Crippen LogP contribution in [0.3, 0.4) is 0 Å². The SMILES string of the molecule is Cc1ccsc1/C=C1/NC(=O)N(CC(=O)[O-])C1=O. The van der Waals surface area contributed by atoms with E-state index >= 15 is 0 Å². The van der Waals surface area contributed by atoms with Crippen LogP contribution in [0.15, 0.2) is 17.1 Å². The van der Waals surface area contributed by atoms with E-state index in [2.05, 4.69) is 5.32 Å². The van der Waals surface area contributed by atoms with Gasteiger partial charge in [-0.1, -0.05) is 0 Å². The van der Waals surface area contributed by atoms with Gasteiger partial charge in [0.2, 0.25) is 0 Å². The third kappa shape index (κ3) is 2.25. The molecule has 18 heavy (non-hydrogen) atoms. The smallest absolute Gasteiger partial charge is 0.329 e. The number of carboxylic acids is 1. The highest BCUT2D eigenvalue weighted by Gasteiger charge is 2.33. The summed E-state index contributed by atoms with van der Waals surface area (Å²) in [6, 6.07) is 1.14. The molecule has 1 aliphatic heterocycles. The normalized spacial score (nSPS) is 17.4. The van der Waals surface area contributed by atoms with Gasteiger partial charge >= 0.3 is 6.03 Å². The van der Waals surface area contributed by atoms with Gasteiger partial charge in [0.25, 0.3) is 5.91 Å². The summed E-state index contributed by atoms with van der Waals surface area (Å²) in [4.78, 5) is 35.1. The highest BCUT2D eigenvalue weighted by molar-refractivity contribution is 7.11. The van der Waals surface area contributed by atoms with E-state index in [0.29, 0.717) is 4.90 Å². The average Bonchev–Trinajstić information content (AvgIpc) is 2.79. The van der Waals surface area contributed by atoms with E-state index in [-0.39, 0.29) is 5.70 Å². The lowest BCUT2D eigenvalue weighted by Crippen LogP contribution is -2.41. The molecule has 0 aliphatic carbocycles. The zero-order chi connectivity index (χ0) is 13.3. The first-order chi connectivity index (χ1) is 8.49. The number of nitrogens with zero attached hydrogens (tertiary/aromatic N) is 1. The minimum atomic E-state index is -1.48. The van der Waals surface area contributed by atoms with Crippen LogP contribution in [0.5, 0.6) is 0 Å². The summed E-state index contributed by atoms with van der Waals surface area (Å²) < 4.78 is 0. The van der Waals surface area contributed by atoms with E-state index in [0.717, 1.165) is 10.4 Å². The Kier molecular flexibility index (Phi) is 3.15. The largest absolute Gasteiger partial charge is 0.548 e. The predicted molar refractivity (Wildman–Crippen MR) is 62.3 cm³/mol. The van der Waals surface area contributed by atoms with Crippen molar-refractivity contribution in [3.8, 4) is 0 Å². The molecule has 0 aromatic carbocycles. The number of rotatable bonds is 3. The summed E-state index contributed by atoms with van der Waals surface area (Å²) in [5.74, 6) is -2.14. The van der Waals surface area contributed by atoms with Crippen molar-refractivity contribution >= 4 is 35.3 Å². The third-order valence-electron chi connectivity index (χ3n) is 2.43. The fraction of sp³-hybridized carbons (Fsp3) is 0.182. The molecule has 0 atom stereocenters. The molecule has 0 spiro atoms. The van der Waals surface area contributed by atoms with Crippen molar-refractivity contribution in [3.05, 3.63) is 27.6 Å². The third-order valence-corrected chi connectivity index (χ3v) is 3.39. The second-order valence-corrected chi connectivity index (χ2v) is 4.67. The van der Waals surface area contributed by atoms with Crippen LogP contribution >= 0.6 is 11.3 Å². The van der Waals surface area contributed by atoms with E-state index in [1.807, 2.05) is 18.4 Å². The van der Waals surface area contributed by atoms with E-state index in [9.17, 15) is 19.5 Å². The fourth-order valence-electron chi connectivity index (χ4n) is 1.51. The Balaban J connectivity index is 2.25. The van der Waals surface area contributed by atoms with Crippen LogP contribution < -0.4 is 10.4 Å². The van der Waals surface area contributed by atoms with Gasteiger partial charge in [-0.2, -0.15) is 0 Å². The lowest BCUT2D eigenvalue weighted by Gasteiger charge is -2.11. The molecule has 1 aliphatic rings. The van der Waals surface area contributed by atoms with Gasteiger partial charge in [-0.3, -0.25) is 9.69 Å². The van der Waals surface area contributed by atoms with Crippen molar-refractivity contribution in [1.29, 1.82) is 0 Å². The Morgan fingerprint density at radius 1 is 1.56 bits per heavy atom. The standard InChI is InChI=1S/C11H10N2O4S/c1-6-2-3-18-8(6)4-7-10(16)13(5-9(14)15)11(17)12-7/h2-4H,5H2,1H3,(H,12,17)(H,14,15)/p-1/b7-4+. The van der Waals surface area contributed by atoms with Gasteiger partial charge in [0.1, 0.15) is 5.70 Å². The van der Waals surface area contributed by atoms with Crippen molar-refractivity contribution in [2.75, 3.05) is 6.54 Å². The Morgan fingerprint density at radius 3 is 2.83 bits per heavy atom. The number of nitrogens with one attached hydrogen (secondary N) is 1. The first-order valence-corrected chi connectivity index (χ1v) is 5.95. The van der Waals surface area contributed by atoms with Crippen molar-refractivity contribution < 1.29 is 19.5 Å². The number of aliphatic carboxylic acids is 1. The highest BCUT2D eigenvalue weighted by Crippen LogP contribution is 2.21. The monoisotopic (exact) mass is 265 g/mol. The molecule has 1 aromatic rings. The molecule has 1 aromatic heterocycles. The summed E-state index contributed by atoms with van der Waals surface area (Å²) in [6.45, 7) is 1.13. The Hall–Kier alpha value is -2.15. The average molecular weight is 265 g/mol. The molecule has 6 nitrogen and oxygen atoms in total. The van der Waals surface area contributed by atoms with E-state index < -0.39 is 24.5 Å². The molecule has 7 heteroatoms. The van der Waals surface area contributed by atoms with Gasteiger partial charge in [-0.05, 0) is 30.0 Å². The minimum absolute atomic E-state index is 0.0757. The zero-order valence-corrected chi connectivity index (χ0v) is 10.2. The maximum absolute atomic E-state index is 11.8. The van der Waals surface area contributed by atoms with E-state index in [1.54, 1.807) is 0 Å². The zero-order valence-electron chi connectivity index (χ0n) is 9.43. The van der Waals surface area contributed by atoms with Gasteiger partial charge in [-0.15, -0.1) is 11.3 Å². The second kappa shape index (κ2) is 4.61. The van der Waals surface area contributed by atoms with Gasteiger partial charge < -0.3 is 15.2 Å². The number of hydrogen-bond acceptors (Lipinski definition) is 5. The molecule has 1 saturated heterocycles. The van der Waals surface area contributed by atoms with Crippen molar-refractivity contribution in [3.63, 3.8) is 0 Å². The first-order valence-electron chi connectivity index (χ1n) is 5.07. The summed E-state index contributed by atoms with van der Waals surface area (Å²) in [5.41, 5.74) is 1.06. The van der Waals surface area contributed by atoms with Crippen LogP contribution in [0.25, 0.3) is 6.08 Å². The summed E-state index contributed by atoms with van der Waals surface area (Å²) in [5, 5.41) is 14.6. The number of imide groups is 1. The molecular weight excluding hydrogens is 256 g/mol. The van der Waals surface area contributed by atoms with Crippen molar-refractivity contribution in [1.82, 2.24) is 10.2 Å². The number of urea groups is 1. The summed E-state index contributed by atoms with van der Waals surface area (Å²) in [7, 11) is 0. The molecule has 0 bridgehead atoms. The van der Waals surface area contributed by atoms with Gasteiger partial charge in [0.15, 0.2) is 0 Å². The highest BCUT2D eigenvalue weighted by atomic mass is 32.1. The molecular formula is C11H9N2O4S-. The maximum atomic E-state index is 11.8. The molecule has 1 fully saturated rings. The maximum Gasteiger partial charge on any atom is 0.329 e. The lowest BCUT2D eigenvalue weighted by atomic mass is 10.2. The first kappa shape index (κ1) is 12.3. The number of carbonyl (C=O) groups is 3. The number of carboxylic acid groups (broad SMARTS) is 1. The van der Waals surface area contributed by atoms with Crippen LogP contribution in [-0.2, 0) is 9.59 Å². The number of hydrogen-bond donors (Lipinski definition) is 1. The molecule has 0 unspecified atom stereocenters. The summed E-state index contributed by atoms with van der Waals surface area (Å²) in [6.07, 6.45) is 1.54. The second-order valence-electron chi connectivity index (χ2n) is 3.72. The minimum Gasteiger partial charge on any atom is -0.548 e. The lowest BCUT2D eigenvalue weighted by molar-refractivity contribution is -0.305. The van der Waals surface area contributed by atoms with Gasteiger partial charge in [0.05, 0.1) is 12.5 Å². The van der Waals surface area contributed by atoms with Crippen molar-refractivity contribution in [2.45, 2.75) is 6.92 Å². The molecule has 2 heterocycles. The Bertz CT molecular complexity index is 561. The molecule has 0 saturated carbocycles.